The van der Waals surface area contributed by atoms with Crippen LogP contribution in [0.25, 0.3) is 0 Å². The van der Waals surface area contributed by atoms with Crippen LogP contribution >= 0.6 is 0 Å². The lowest BCUT2D eigenvalue weighted by atomic mass is 10.0. The number of ether oxygens (including phenoxy) is 2. The predicted molar refractivity (Wildman–Crippen MR) is 101 cm³/mol. The fraction of sp³-hybridized carbons (Fsp3) is 0.727. The zero-order chi connectivity index (χ0) is 17.0. The van der Waals surface area contributed by atoms with Gasteiger partial charge in [-0.15, -0.1) is 0 Å². The van der Waals surface area contributed by atoms with E-state index in [9.17, 15) is 0 Å². The molecule has 24 heavy (non-hydrogen) atoms. The van der Waals surface area contributed by atoms with Crippen molar-refractivity contribution >= 4 is 0 Å². The molecule has 0 aliphatic carbocycles. The number of rotatable bonds is 11. The molecule has 1 aliphatic rings. The molecule has 0 aromatic heterocycles. The summed E-state index contributed by atoms with van der Waals surface area (Å²) in [6.07, 6.45) is 13.3. The number of aryl methyl sites for hydroxylation is 1. The van der Waals surface area contributed by atoms with Crippen molar-refractivity contribution in [1.29, 1.82) is 0 Å². The van der Waals surface area contributed by atoms with Gasteiger partial charge < -0.3 is 9.47 Å². The maximum atomic E-state index is 6.05. The topological polar surface area (TPSA) is 18.5 Å². The lowest BCUT2D eigenvalue weighted by molar-refractivity contribution is -0.137. The first kappa shape index (κ1) is 19.5. The SMILES string of the molecule is CCCCCCCc1ccc([C@@H]2CO[C@@H](CCCCC)CO2)cc1. The van der Waals surface area contributed by atoms with Gasteiger partial charge in [0.15, 0.2) is 0 Å². The summed E-state index contributed by atoms with van der Waals surface area (Å²) in [5.41, 5.74) is 2.71. The summed E-state index contributed by atoms with van der Waals surface area (Å²) in [5.74, 6) is 0. The molecular weight excluding hydrogens is 296 g/mol. The van der Waals surface area contributed by atoms with Crippen LogP contribution in [-0.2, 0) is 15.9 Å². The molecule has 0 saturated carbocycles. The first-order chi connectivity index (χ1) is 11.8. The lowest BCUT2D eigenvalue weighted by Gasteiger charge is -2.30. The molecule has 0 unspecified atom stereocenters. The third-order valence-corrected chi connectivity index (χ3v) is 5.02. The van der Waals surface area contributed by atoms with Crippen LogP contribution in [0.3, 0.4) is 0 Å². The Labute approximate surface area is 148 Å². The highest BCUT2D eigenvalue weighted by atomic mass is 16.6. The minimum absolute atomic E-state index is 0.117. The molecule has 2 heteroatoms. The van der Waals surface area contributed by atoms with Crippen molar-refractivity contribution in [2.75, 3.05) is 13.2 Å². The molecular formula is C22H36O2. The van der Waals surface area contributed by atoms with Gasteiger partial charge >= 0.3 is 0 Å². The molecule has 0 radical (unpaired) electrons. The van der Waals surface area contributed by atoms with Gasteiger partial charge in [0.1, 0.15) is 6.10 Å². The minimum Gasteiger partial charge on any atom is -0.373 e. The summed E-state index contributed by atoms with van der Waals surface area (Å²) in [7, 11) is 0. The quantitative estimate of drug-likeness (QED) is 0.447. The van der Waals surface area contributed by atoms with E-state index in [4.69, 9.17) is 9.47 Å². The molecule has 1 heterocycles. The molecule has 0 N–H and O–H groups in total. The summed E-state index contributed by atoms with van der Waals surface area (Å²) in [5, 5.41) is 0. The smallest absolute Gasteiger partial charge is 0.106 e. The largest absolute Gasteiger partial charge is 0.373 e. The monoisotopic (exact) mass is 332 g/mol. The normalized spacial score (nSPS) is 21.1. The van der Waals surface area contributed by atoms with Crippen molar-refractivity contribution in [3.8, 4) is 0 Å². The maximum absolute atomic E-state index is 6.05. The number of benzene rings is 1. The zero-order valence-electron chi connectivity index (χ0n) is 15.8. The van der Waals surface area contributed by atoms with E-state index in [0.717, 1.165) is 13.0 Å². The Balaban J connectivity index is 1.68. The molecule has 2 nitrogen and oxygen atoms in total. The Bertz CT molecular complexity index is 418. The van der Waals surface area contributed by atoms with Gasteiger partial charge in [-0.05, 0) is 30.4 Å². The Morgan fingerprint density at radius 2 is 1.50 bits per heavy atom. The summed E-state index contributed by atoms with van der Waals surface area (Å²) < 4.78 is 12.0. The second-order valence-electron chi connectivity index (χ2n) is 7.18. The molecule has 0 amide bonds. The van der Waals surface area contributed by atoms with Crippen LogP contribution in [0.4, 0.5) is 0 Å². The van der Waals surface area contributed by atoms with Gasteiger partial charge in [0.05, 0.1) is 19.3 Å². The van der Waals surface area contributed by atoms with Gasteiger partial charge in [-0.25, -0.2) is 0 Å². The maximum Gasteiger partial charge on any atom is 0.106 e. The van der Waals surface area contributed by atoms with Crippen LogP contribution in [0.15, 0.2) is 24.3 Å². The van der Waals surface area contributed by atoms with E-state index in [1.54, 1.807) is 0 Å². The Morgan fingerprint density at radius 1 is 0.792 bits per heavy atom. The van der Waals surface area contributed by atoms with Gasteiger partial charge in [0.25, 0.3) is 0 Å². The van der Waals surface area contributed by atoms with Crippen molar-refractivity contribution < 1.29 is 9.47 Å². The van der Waals surface area contributed by atoms with Gasteiger partial charge in [0, 0.05) is 0 Å². The number of hydrogen-bond acceptors (Lipinski definition) is 2. The van der Waals surface area contributed by atoms with E-state index in [0.29, 0.717) is 12.7 Å². The van der Waals surface area contributed by atoms with Crippen molar-refractivity contribution in [2.24, 2.45) is 0 Å². The summed E-state index contributed by atoms with van der Waals surface area (Å²) >= 11 is 0. The van der Waals surface area contributed by atoms with E-state index in [1.165, 1.54) is 68.9 Å². The third-order valence-electron chi connectivity index (χ3n) is 5.02. The molecule has 1 aliphatic heterocycles. The van der Waals surface area contributed by atoms with Crippen molar-refractivity contribution in [2.45, 2.75) is 90.3 Å². The molecule has 136 valence electrons. The van der Waals surface area contributed by atoms with E-state index in [2.05, 4.69) is 38.1 Å². The van der Waals surface area contributed by atoms with Gasteiger partial charge in [-0.1, -0.05) is 83.1 Å². The third kappa shape index (κ3) is 6.94. The highest BCUT2D eigenvalue weighted by Gasteiger charge is 2.23. The van der Waals surface area contributed by atoms with E-state index < -0.39 is 0 Å². The van der Waals surface area contributed by atoms with Crippen molar-refractivity contribution in [3.05, 3.63) is 35.4 Å². The average molecular weight is 333 g/mol. The van der Waals surface area contributed by atoms with Crippen LogP contribution in [-0.4, -0.2) is 19.3 Å². The first-order valence-electron chi connectivity index (χ1n) is 10.2. The van der Waals surface area contributed by atoms with Crippen molar-refractivity contribution in [1.82, 2.24) is 0 Å². The predicted octanol–water partition coefficient (Wildman–Crippen LogP) is 6.24. The molecule has 0 bridgehead atoms. The van der Waals surface area contributed by atoms with Crippen LogP contribution in [0.5, 0.6) is 0 Å². The Kier molecular flexibility index (Phi) is 9.45. The fourth-order valence-electron chi connectivity index (χ4n) is 3.36. The van der Waals surface area contributed by atoms with Gasteiger partial charge in [-0.2, -0.15) is 0 Å². The lowest BCUT2D eigenvalue weighted by Crippen LogP contribution is -2.31. The van der Waals surface area contributed by atoms with Crippen LogP contribution in [0.2, 0.25) is 0 Å². The summed E-state index contributed by atoms with van der Waals surface area (Å²) in [6, 6.07) is 9.00. The van der Waals surface area contributed by atoms with E-state index >= 15 is 0 Å². The van der Waals surface area contributed by atoms with Crippen LogP contribution in [0, 0.1) is 0 Å². The second kappa shape index (κ2) is 11.7. The molecule has 1 saturated heterocycles. The van der Waals surface area contributed by atoms with E-state index in [-0.39, 0.29) is 6.10 Å². The number of unbranched alkanes of at least 4 members (excludes halogenated alkanes) is 6. The van der Waals surface area contributed by atoms with E-state index in [1.807, 2.05) is 0 Å². The van der Waals surface area contributed by atoms with Crippen LogP contribution in [0.1, 0.15) is 88.9 Å². The first-order valence-corrected chi connectivity index (χ1v) is 10.2. The molecule has 2 atom stereocenters. The van der Waals surface area contributed by atoms with Gasteiger partial charge in [0.2, 0.25) is 0 Å². The van der Waals surface area contributed by atoms with Crippen LogP contribution < -0.4 is 0 Å². The Morgan fingerprint density at radius 3 is 2.17 bits per heavy atom. The standard InChI is InChI=1S/C22H36O2/c1-3-5-7-8-10-11-19-13-15-20(16-14-19)22-18-23-21(17-24-22)12-9-6-4-2/h13-16,21-22H,3-12,17-18H2,1-2H3/t21-,22-/m0/s1. The summed E-state index contributed by atoms with van der Waals surface area (Å²) in [4.78, 5) is 0. The Hall–Kier alpha value is -0.860. The fourth-order valence-corrected chi connectivity index (χ4v) is 3.36. The number of hydrogen-bond donors (Lipinski definition) is 0. The molecule has 1 aromatic carbocycles. The highest BCUT2D eigenvalue weighted by Crippen LogP contribution is 2.25. The molecule has 0 spiro atoms. The molecule has 1 aromatic rings. The highest BCUT2D eigenvalue weighted by molar-refractivity contribution is 5.24. The second-order valence-corrected chi connectivity index (χ2v) is 7.18. The average Bonchev–Trinajstić information content (AvgIpc) is 2.63. The molecule has 1 fully saturated rings. The molecule has 2 rings (SSSR count). The van der Waals surface area contributed by atoms with Crippen molar-refractivity contribution in [3.63, 3.8) is 0 Å². The summed E-state index contributed by atoms with van der Waals surface area (Å²) in [6.45, 7) is 5.95. The zero-order valence-corrected chi connectivity index (χ0v) is 15.8. The van der Waals surface area contributed by atoms with Gasteiger partial charge in [-0.3, -0.25) is 0 Å². The minimum atomic E-state index is 0.117.